The number of carbonyl (C=O) groups excluding carboxylic acids is 1. The quantitative estimate of drug-likeness (QED) is 0.651. The van der Waals surface area contributed by atoms with Crippen molar-refractivity contribution in [2.24, 2.45) is 5.92 Å². The van der Waals surface area contributed by atoms with Gasteiger partial charge in [-0.1, -0.05) is 49.4 Å². The molecule has 2 atom stereocenters. The topological polar surface area (TPSA) is 56.1 Å². The molecule has 0 spiro atoms. The van der Waals surface area contributed by atoms with Gasteiger partial charge in [-0.05, 0) is 49.6 Å². The average Bonchev–Trinajstić information content (AvgIpc) is 2.98. The zero-order valence-electron chi connectivity index (χ0n) is 17.8. The second kappa shape index (κ2) is 8.95. The van der Waals surface area contributed by atoms with Gasteiger partial charge in [0.1, 0.15) is 5.75 Å². The van der Waals surface area contributed by atoms with E-state index in [1.807, 2.05) is 80.1 Å². The molecule has 1 heterocycles. The van der Waals surface area contributed by atoms with Crippen molar-refractivity contribution in [3.05, 3.63) is 82.7 Å². The number of amides is 1. The molecular formula is C24H29N3O2. The van der Waals surface area contributed by atoms with Crippen molar-refractivity contribution in [3.63, 3.8) is 0 Å². The summed E-state index contributed by atoms with van der Waals surface area (Å²) in [5.41, 5.74) is 5.31. The molecule has 0 bridgehead atoms. The minimum absolute atomic E-state index is 0.00752. The summed E-state index contributed by atoms with van der Waals surface area (Å²) in [4.78, 5) is 13.1. The molecule has 0 aliphatic carbocycles. The highest BCUT2D eigenvalue weighted by molar-refractivity contribution is 5.79. The lowest BCUT2D eigenvalue weighted by atomic mass is 9.97. The Morgan fingerprint density at radius 2 is 1.76 bits per heavy atom. The first-order valence-corrected chi connectivity index (χ1v) is 9.90. The lowest BCUT2D eigenvalue weighted by Crippen LogP contribution is -2.35. The second-order valence-electron chi connectivity index (χ2n) is 7.51. The third-order valence-electron chi connectivity index (χ3n) is 5.48. The van der Waals surface area contributed by atoms with Crippen molar-refractivity contribution in [2.75, 3.05) is 7.11 Å². The maximum Gasteiger partial charge on any atom is 0.225 e. The molecule has 0 fully saturated rings. The molecule has 152 valence electrons. The Labute approximate surface area is 172 Å². The fraction of sp³-hybridized carbons (Fsp3) is 0.333. The first-order chi connectivity index (χ1) is 13.9. The Bertz CT molecular complexity index is 979. The zero-order valence-corrected chi connectivity index (χ0v) is 17.8. The molecule has 3 rings (SSSR count). The molecule has 0 aliphatic rings. The molecule has 1 amide bonds. The Balaban J connectivity index is 1.83. The van der Waals surface area contributed by atoms with E-state index >= 15 is 0 Å². The van der Waals surface area contributed by atoms with Gasteiger partial charge in [0, 0.05) is 5.69 Å². The third-order valence-corrected chi connectivity index (χ3v) is 5.48. The molecule has 1 N–H and O–H groups in total. The van der Waals surface area contributed by atoms with Gasteiger partial charge in [-0.25, -0.2) is 0 Å². The van der Waals surface area contributed by atoms with E-state index in [0.29, 0.717) is 6.54 Å². The van der Waals surface area contributed by atoms with Gasteiger partial charge in [0.2, 0.25) is 5.91 Å². The lowest BCUT2D eigenvalue weighted by molar-refractivity contribution is -0.125. The smallest absolute Gasteiger partial charge is 0.225 e. The Kier molecular flexibility index (Phi) is 6.37. The average molecular weight is 392 g/mol. The summed E-state index contributed by atoms with van der Waals surface area (Å²) >= 11 is 0. The van der Waals surface area contributed by atoms with Crippen LogP contribution in [-0.2, 0) is 11.3 Å². The third kappa shape index (κ3) is 4.67. The first-order valence-electron chi connectivity index (χ1n) is 9.90. The Hall–Kier alpha value is -3.08. The highest BCUT2D eigenvalue weighted by atomic mass is 16.5. The summed E-state index contributed by atoms with van der Waals surface area (Å²) in [7, 11) is 1.65. The van der Waals surface area contributed by atoms with E-state index in [-0.39, 0.29) is 17.9 Å². The Morgan fingerprint density at radius 1 is 1.07 bits per heavy atom. The lowest BCUT2D eigenvalue weighted by Gasteiger charge is -2.23. The number of methoxy groups -OCH3 is 1. The minimum Gasteiger partial charge on any atom is -0.497 e. The number of nitrogens with zero attached hydrogens (tertiary/aromatic N) is 2. The minimum atomic E-state index is -0.247. The van der Waals surface area contributed by atoms with Crippen molar-refractivity contribution in [1.82, 2.24) is 15.1 Å². The molecule has 3 aromatic rings. The van der Waals surface area contributed by atoms with E-state index in [0.717, 1.165) is 28.3 Å². The van der Waals surface area contributed by atoms with Gasteiger partial charge in [0.25, 0.3) is 0 Å². The van der Waals surface area contributed by atoms with Crippen LogP contribution in [0.15, 0.2) is 54.6 Å². The zero-order chi connectivity index (χ0) is 21.0. The van der Waals surface area contributed by atoms with Crippen molar-refractivity contribution in [2.45, 2.75) is 40.3 Å². The molecule has 0 saturated carbocycles. The van der Waals surface area contributed by atoms with E-state index in [2.05, 4.69) is 17.3 Å². The number of nitrogens with one attached hydrogen (secondary N) is 1. The monoisotopic (exact) mass is 391 g/mol. The molecule has 0 aliphatic heterocycles. The predicted molar refractivity (Wildman–Crippen MR) is 115 cm³/mol. The summed E-state index contributed by atoms with van der Waals surface area (Å²) in [5.74, 6) is 0.542. The van der Waals surface area contributed by atoms with Gasteiger partial charge in [-0.15, -0.1) is 0 Å². The van der Waals surface area contributed by atoms with Crippen molar-refractivity contribution < 1.29 is 9.53 Å². The number of hydrogen-bond acceptors (Lipinski definition) is 3. The summed E-state index contributed by atoms with van der Waals surface area (Å²) < 4.78 is 7.30. The van der Waals surface area contributed by atoms with Crippen LogP contribution >= 0.6 is 0 Å². The summed E-state index contributed by atoms with van der Waals surface area (Å²) in [5, 5.41) is 7.80. The number of aryl methyl sites for hydroxylation is 1. The Morgan fingerprint density at radius 3 is 2.38 bits per heavy atom. The molecule has 0 unspecified atom stereocenters. The number of ether oxygens (including phenoxy) is 1. The highest BCUT2D eigenvalue weighted by Gasteiger charge is 2.22. The summed E-state index contributed by atoms with van der Waals surface area (Å²) in [6.45, 7) is 8.59. The van der Waals surface area contributed by atoms with E-state index in [1.54, 1.807) is 7.11 Å². The van der Waals surface area contributed by atoms with Crippen LogP contribution in [0.3, 0.4) is 0 Å². The van der Waals surface area contributed by atoms with Crippen LogP contribution in [0.1, 0.15) is 41.0 Å². The predicted octanol–water partition coefficient (Wildman–Crippen LogP) is 4.36. The van der Waals surface area contributed by atoms with E-state index < -0.39 is 0 Å². The normalized spacial score (nSPS) is 13.0. The molecule has 5 heteroatoms. The van der Waals surface area contributed by atoms with Crippen molar-refractivity contribution in [1.29, 1.82) is 0 Å². The molecule has 5 nitrogen and oxygen atoms in total. The molecule has 29 heavy (non-hydrogen) atoms. The van der Waals surface area contributed by atoms with Crippen LogP contribution < -0.4 is 10.1 Å². The van der Waals surface area contributed by atoms with Crippen molar-refractivity contribution in [3.8, 4) is 5.75 Å². The first kappa shape index (κ1) is 20.6. The number of carbonyl (C=O) groups is 1. The summed E-state index contributed by atoms with van der Waals surface area (Å²) in [6.07, 6.45) is 0. The van der Waals surface area contributed by atoms with Crippen LogP contribution in [0.5, 0.6) is 5.75 Å². The molecule has 1 aromatic heterocycles. The molecule has 0 radical (unpaired) electrons. The van der Waals surface area contributed by atoms with Crippen LogP contribution in [-0.4, -0.2) is 22.8 Å². The molecular weight excluding hydrogens is 362 g/mol. The van der Waals surface area contributed by atoms with Gasteiger partial charge in [0.05, 0.1) is 31.3 Å². The van der Waals surface area contributed by atoms with Gasteiger partial charge < -0.3 is 10.1 Å². The fourth-order valence-electron chi connectivity index (χ4n) is 3.42. The number of hydrogen-bond donors (Lipinski definition) is 1. The number of rotatable bonds is 7. The molecule has 2 aromatic carbocycles. The summed E-state index contributed by atoms with van der Waals surface area (Å²) in [6, 6.07) is 17.6. The fourth-order valence-corrected chi connectivity index (χ4v) is 3.42. The number of benzene rings is 2. The highest BCUT2D eigenvalue weighted by Crippen LogP contribution is 2.26. The van der Waals surface area contributed by atoms with E-state index in [4.69, 9.17) is 4.74 Å². The molecule has 0 saturated heterocycles. The maximum absolute atomic E-state index is 13.1. The van der Waals surface area contributed by atoms with Gasteiger partial charge in [-0.2, -0.15) is 5.10 Å². The number of aromatic nitrogens is 2. The second-order valence-corrected chi connectivity index (χ2v) is 7.51. The van der Waals surface area contributed by atoms with Gasteiger partial charge in [0.15, 0.2) is 0 Å². The van der Waals surface area contributed by atoms with Gasteiger partial charge >= 0.3 is 0 Å². The van der Waals surface area contributed by atoms with Crippen LogP contribution in [0, 0.1) is 26.7 Å². The van der Waals surface area contributed by atoms with E-state index in [1.165, 1.54) is 5.56 Å². The van der Waals surface area contributed by atoms with Crippen LogP contribution in [0.4, 0.5) is 0 Å². The maximum atomic E-state index is 13.1. The standard InChI is InChI=1S/C24H29N3O2/c1-16(15-27-19(4)17(2)18(3)26-27)24(28)25-23(20-10-7-6-8-11-20)21-12-9-13-22(14-21)29-5/h6-14,16,23H,15H2,1-5H3,(H,25,28)/t16-,23+/m0/s1. The largest absolute Gasteiger partial charge is 0.497 e. The SMILES string of the molecule is COc1cccc([C@H](NC(=O)[C@@H](C)Cn2nc(C)c(C)c2C)c2ccccc2)c1. The van der Waals surface area contributed by atoms with E-state index in [9.17, 15) is 4.79 Å². The van der Waals surface area contributed by atoms with Gasteiger partial charge in [-0.3, -0.25) is 9.48 Å². The van der Waals surface area contributed by atoms with Crippen LogP contribution in [0.2, 0.25) is 0 Å². The van der Waals surface area contributed by atoms with Crippen LogP contribution in [0.25, 0.3) is 0 Å². The van der Waals surface area contributed by atoms with Crippen molar-refractivity contribution >= 4 is 5.91 Å².